The lowest BCUT2D eigenvalue weighted by Crippen LogP contribution is -2.15. The molecule has 5 nitrogen and oxygen atoms in total. The predicted octanol–water partition coefficient (Wildman–Crippen LogP) is 5.90. The molecule has 2 heterocycles. The van der Waals surface area contributed by atoms with E-state index in [9.17, 15) is 4.79 Å². The van der Waals surface area contributed by atoms with E-state index in [1.54, 1.807) is 0 Å². The average molecular weight is 441 g/mol. The second-order valence-electron chi connectivity index (χ2n) is 6.57. The van der Waals surface area contributed by atoms with Crippen molar-refractivity contribution in [3.05, 3.63) is 76.1 Å². The van der Waals surface area contributed by atoms with E-state index in [-0.39, 0.29) is 10.7 Å². The van der Waals surface area contributed by atoms with Gasteiger partial charge in [-0.25, -0.2) is 15.0 Å². The first kappa shape index (κ1) is 19.8. The molecule has 1 N–H and O–H groups in total. The van der Waals surface area contributed by atoms with Crippen LogP contribution in [0, 0.1) is 13.8 Å². The first-order chi connectivity index (χ1) is 14.0. The fourth-order valence-electron chi connectivity index (χ4n) is 2.77. The van der Waals surface area contributed by atoms with Crippen LogP contribution in [0.1, 0.15) is 27.2 Å². The lowest BCUT2D eigenvalue weighted by Gasteiger charge is -2.06. The van der Waals surface area contributed by atoms with Crippen LogP contribution in [0.3, 0.4) is 0 Å². The van der Waals surface area contributed by atoms with Gasteiger partial charge in [0.05, 0.1) is 21.4 Å². The monoisotopic (exact) mass is 440 g/mol. The summed E-state index contributed by atoms with van der Waals surface area (Å²) in [5, 5.41) is 4.02. The molecular weight excluding hydrogens is 424 g/mol. The number of aryl methyl sites for hydroxylation is 2. The Morgan fingerprint density at radius 2 is 1.97 bits per heavy atom. The third kappa shape index (κ3) is 4.75. The molecule has 29 heavy (non-hydrogen) atoms. The van der Waals surface area contributed by atoms with E-state index in [0.717, 1.165) is 15.8 Å². The Morgan fingerprint density at radius 3 is 2.79 bits per heavy atom. The number of nitrogens with one attached hydrogen (secondary N) is 1. The second-order valence-corrected chi connectivity index (χ2v) is 8.95. The van der Waals surface area contributed by atoms with Crippen molar-refractivity contribution in [1.82, 2.24) is 15.0 Å². The summed E-state index contributed by atoms with van der Waals surface area (Å²) in [6.07, 6.45) is 1.46. The zero-order valence-electron chi connectivity index (χ0n) is 15.8. The molecule has 2 aromatic carbocycles. The first-order valence-corrected chi connectivity index (χ1v) is 11.1. The topological polar surface area (TPSA) is 67.8 Å². The minimum Gasteiger partial charge on any atom is -0.296 e. The predicted molar refractivity (Wildman–Crippen MR) is 120 cm³/mol. The van der Waals surface area contributed by atoms with Gasteiger partial charge in [-0.2, -0.15) is 0 Å². The van der Waals surface area contributed by atoms with Gasteiger partial charge < -0.3 is 0 Å². The number of carbonyl (C=O) groups is 1. The summed E-state index contributed by atoms with van der Waals surface area (Å²) in [7, 11) is 0. The lowest BCUT2D eigenvalue weighted by molar-refractivity contribution is 0.102. The number of hydrogen-bond donors (Lipinski definition) is 1. The summed E-state index contributed by atoms with van der Waals surface area (Å²) in [5.41, 5.74) is 4.51. The Labute approximate surface area is 181 Å². The van der Waals surface area contributed by atoms with E-state index in [2.05, 4.69) is 45.4 Å². The van der Waals surface area contributed by atoms with Crippen molar-refractivity contribution in [3.8, 4) is 0 Å². The largest absolute Gasteiger partial charge is 0.296 e. The second kappa shape index (κ2) is 8.49. The number of anilines is 1. The van der Waals surface area contributed by atoms with Crippen molar-refractivity contribution in [1.29, 1.82) is 0 Å². The third-order valence-electron chi connectivity index (χ3n) is 4.15. The number of aromatic nitrogens is 3. The van der Waals surface area contributed by atoms with Gasteiger partial charge >= 0.3 is 0 Å². The van der Waals surface area contributed by atoms with E-state index in [4.69, 9.17) is 11.6 Å². The highest BCUT2D eigenvalue weighted by molar-refractivity contribution is 7.98. The number of halogens is 1. The molecule has 0 spiro atoms. The summed E-state index contributed by atoms with van der Waals surface area (Å²) < 4.78 is 1.02. The Kier molecular flexibility index (Phi) is 5.80. The van der Waals surface area contributed by atoms with Crippen LogP contribution < -0.4 is 5.32 Å². The van der Waals surface area contributed by atoms with Crippen LogP contribution in [0.2, 0.25) is 5.02 Å². The molecule has 0 radical (unpaired) electrons. The molecule has 0 aliphatic heterocycles. The molecule has 0 aliphatic rings. The Morgan fingerprint density at radius 1 is 1.14 bits per heavy atom. The van der Waals surface area contributed by atoms with Crippen molar-refractivity contribution in [3.63, 3.8) is 0 Å². The third-order valence-corrected chi connectivity index (χ3v) is 6.29. The molecule has 4 rings (SSSR count). The quantitative estimate of drug-likeness (QED) is 0.309. The van der Waals surface area contributed by atoms with Crippen LogP contribution in [0.15, 0.2) is 53.8 Å². The number of thiazole rings is 1. The molecule has 146 valence electrons. The van der Waals surface area contributed by atoms with Gasteiger partial charge in [0.2, 0.25) is 0 Å². The molecular formula is C21H17ClN4OS2. The fourth-order valence-corrected chi connectivity index (χ4v) is 4.67. The number of benzene rings is 2. The van der Waals surface area contributed by atoms with Crippen molar-refractivity contribution in [2.45, 2.75) is 24.8 Å². The average Bonchev–Trinajstić information content (AvgIpc) is 3.08. The number of rotatable bonds is 5. The minimum atomic E-state index is -0.398. The number of amides is 1. The molecule has 0 saturated carbocycles. The molecule has 0 atom stereocenters. The maximum absolute atomic E-state index is 12.7. The van der Waals surface area contributed by atoms with Crippen LogP contribution in [0.4, 0.5) is 5.13 Å². The van der Waals surface area contributed by atoms with Crippen molar-refractivity contribution < 1.29 is 4.79 Å². The Bertz CT molecular complexity index is 1210. The molecule has 0 unspecified atom stereocenters. The molecule has 4 aromatic rings. The van der Waals surface area contributed by atoms with Crippen LogP contribution in [0.5, 0.6) is 0 Å². The molecule has 0 saturated heterocycles. The van der Waals surface area contributed by atoms with E-state index in [1.807, 2.05) is 31.2 Å². The normalized spacial score (nSPS) is 11.0. The lowest BCUT2D eigenvalue weighted by atomic mass is 10.2. The van der Waals surface area contributed by atoms with Crippen LogP contribution in [-0.4, -0.2) is 20.9 Å². The highest BCUT2D eigenvalue weighted by atomic mass is 35.5. The number of thioether (sulfide) groups is 1. The SMILES string of the molecule is Cc1cccc(CSc2ncc(Cl)c(C(=O)Nc3nc4ccc(C)cc4s3)n2)c1. The van der Waals surface area contributed by atoms with E-state index >= 15 is 0 Å². The molecule has 2 aromatic heterocycles. The number of nitrogens with zero attached hydrogens (tertiary/aromatic N) is 3. The zero-order chi connectivity index (χ0) is 20.4. The number of hydrogen-bond acceptors (Lipinski definition) is 6. The van der Waals surface area contributed by atoms with Gasteiger partial charge in [-0.05, 0) is 37.1 Å². The smallest absolute Gasteiger partial charge is 0.277 e. The van der Waals surface area contributed by atoms with Gasteiger partial charge in [-0.1, -0.05) is 70.6 Å². The fraction of sp³-hybridized carbons (Fsp3) is 0.143. The van der Waals surface area contributed by atoms with Gasteiger partial charge in [0.25, 0.3) is 5.91 Å². The van der Waals surface area contributed by atoms with Crippen molar-refractivity contribution in [2.24, 2.45) is 0 Å². The summed E-state index contributed by atoms with van der Waals surface area (Å²) in [5.74, 6) is 0.312. The maximum atomic E-state index is 12.7. The van der Waals surface area contributed by atoms with Gasteiger partial charge in [0.15, 0.2) is 16.0 Å². The molecule has 0 bridgehead atoms. The summed E-state index contributed by atoms with van der Waals surface area (Å²) in [6.45, 7) is 4.08. The number of fused-ring (bicyclic) bond motifs is 1. The zero-order valence-corrected chi connectivity index (χ0v) is 18.2. The van der Waals surface area contributed by atoms with E-state index in [0.29, 0.717) is 16.0 Å². The summed E-state index contributed by atoms with van der Waals surface area (Å²) in [4.78, 5) is 25.8. The van der Waals surface area contributed by atoms with E-state index < -0.39 is 5.91 Å². The molecule has 0 fully saturated rings. The Hall–Kier alpha value is -2.48. The standard InChI is InChI=1S/C21H17ClN4OS2/c1-12-4-3-5-14(8-12)11-28-20-23-10-15(22)18(25-20)19(27)26-21-24-16-7-6-13(2)9-17(16)29-21/h3-10H,11H2,1-2H3,(H,24,26,27). The van der Waals surface area contributed by atoms with Crippen LogP contribution >= 0.6 is 34.7 Å². The molecule has 0 aliphatic carbocycles. The van der Waals surface area contributed by atoms with E-state index in [1.165, 1.54) is 40.4 Å². The summed E-state index contributed by atoms with van der Waals surface area (Å²) >= 11 is 9.06. The van der Waals surface area contributed by atoms with Crippen LogP contribution in [0.25, 0.3) is 10.2 Å². The minimum absolute atomic E-state index is 0.142. The number of carbonyl (C=O) groups excluding carboxylic acids is 1. The van der Waals surface area contributed by atoms with Gasteiger partial charge in [0.1, 0.15) is 0 Å². The highest BCUT2D eigenvalue weighted by Gasteiger charge is 2.17. The molecule has 8 heteroatoms. The van der Waals surface area contributed by atoms with Crippen molar-refractivity contribution in [2.75, 3.05) is 5.32 Å². The molecule has 1 amide bonds. The van der Waals surface area contributed by atoms with Crippen molar-refractivity contribution >= 4 is 56.0 Å². The highest BCUT2D eigenvalue weighted by Crippen LogP contribution is 2.28. The Balaban J connectivity index is 1.50. The van der Waals surface area contributed by atoms with Gasteiger partial charge in [-0.3, -0.25) is 10.1 Å². The first-order valence-electron chi connectivity index (χ1n) is 8.87. The van der Waals surface area contributed by atoms with Crippen LogP contribution in [-0.2, 0) is 5.75 Å². The van der Waals surface area contributed by atoms with Gasteiger partial charge in [0, 0.05) is 5.75 Å². The summed E-state index contributed by atoms with van der Waals surface area (Å²) in [6, 6.07) is 14.2. The van der Waals surface area contributed by atoms with Gasteiger partial charge in [-0.15, -0.1) is 0 Å². The maximum Gasteiger partial charge on any atom is 0.277 e.